The highest BCUT2D eigenvalue weighted by molar-refractivity contribution is 5.91. The van der Waals surface area contributed by atoms with E-state index in [0.29, 0.717) is 28.8 Å². The Kier molecular flexibility index (Phi) is 6.40. The zero-order valence-corrected chi connectivity index (χ0v) is 18.6. The molecule has 0 atom stereocenters. The second-order valence-corrected chi connectivity index (χ2v) is 7.86. The smallest absolute Gasteiger partial charge is 0.331 e. The normalized spacial score (nSPS) is 10.8. The molecule has 1 heterocycles. The molecule has 0 radical (unpaired) electrons. The van der Waals surface area contributed by atoms with Gasteiger partial charge in [0, 0.05) is 18.3 Å². The first kappa shape index (κ1) is 22.1. The van der Waals surface area contributed by atoms with Gasteiger partial charge in [-0.3, -0.25) is 18.7 Å². The SMILES string of the molecule is COc1cccc(NC(=O)Cn2c(=O)n(CCc3cccc(C)c3)c(=O)c3ccccc32)c1. The molecule has 0 aliphatic heterocycles. The van der Waals surface area contributed by atoms with Crippen LogP contribution in [0.15, 0.2) is 82.4 Å². The van der Waals surface area contributed by atoms with E-state index >= 15 is 0 Å². The number of aromatic nitrogens is 2. The number of methoxy groups -OCH3 is 1. The third kappa shape index (κ3) is 4.87. The third-order valence-electron chi connectivity index (χ3n) is 5.49. The lowest BCUT2D eigenvalue weighted by atomic mass is 10.1. The van der Waals surface area contributed by atoms with Gasteiger partial charge in [-0.15, -0.1) is 0 Å². The molecule has 1 amide bonds. The fourth-order valence-electron chi connectivity index (χ4n) is 3.87. The van der Waals surface area contributed by atoms with Crippen molar-refractivity contribution in [2.75, 3.05) is 12.4 Å². The number of hydrogen-bond donors (Lipinski definition) is 1. The number of hydrogen-bond acceptors (Lipinski definition) is 4. The van der Waals surface area contributed by atoms with Crippen molar-refractivity contribution >= 4 is 22.5 Å². The van der Waals surface area contributed by atoms with Gasteiger partial charge in [-0.2, -0.15) is 0 Å². The summed E-state index contributed by atoms with van der Waals surface area (Å²) >= 11 is 0. The minimum atomic E-state index is -0.507. The molecule has 33 heavy (non-hydrogen) atoms. The fourth-order valence-corrected chi connectivity index (χ4v) is 3.87. The number of carbonyl (C=O) groups is 1. The molecule has 0 unspecified atom stereocenters. The second kappa shape index (κ2) is 9.56. The van der Waals surface area contributed by atoms with E-state index in [4.69, 9.17) is 4.74 Å². The fraction of sp³-hybridized carbons (Fsp3) is 0.192. The quantitative estimate of drug-likeness (QED) is 0.475. The molecule has 0 fully saturated rings. The molecule has 4 aromatic rings. The van der Waals surface area contributed by atoms with E-state index in [1.54, 1.807) is 55.6 Å². The summed E-state index contributed by atoms with van der Waals surface area (Å²) in [6.45, 7) is 2.00. The van der Waals surface area contributed by atoms with Crippen molar-refractivity contribution in [3.05, 3.63) is 105 Å². The van der Waals surface area contributed by atoms with Crippen LogP contribution in [0.25, 0.3) is 10.9 Å². The van der Waals surface area contributed by atoms with E-state index in [-0.39, 0.29) is 24.6 Å². The molecular formula is C26H25N3O4. The molecule has 0 saturated heterocycles. The Balaban J connectivity index is 1.67. The monoisotopic (exact) mass is 443 g/mol. The number of anilines is 1. The molecule has 0 saturated carbocycles. The maximum atomic E-state index is 13.3. The Morgan fingerprint density at radius 1 is 0.939 bits per heavy atom. The average Bonchev–Trinajstić information content (AvgIpc) is 2.82. The summed E-state index contributed by atoms with van der Waals surface area (Å²) in [6.07, 6.45) is 0.533. The lowest BCUT2D eigenvalue weighted by Gasteiger charge is -2.14. The standard InChI is InChI=1S/C26H25N3O4/c1-18-7-5-8-19(15-18)13-14-28-25(31)22-11-3-4-12-23(22)29(26(28)32)17-24(30)27-20-9-6-10-21(16-20)33-2/h3-12,15-16H,13-14,17H2,1-2H3,(H,27,30). The highest BCUT2D eigenvalue weighted by atomic mass is 16.5. The van der Waals surface area contributed by atoms with Gasteiger partial charge in [0.2, 0.25) is 5.91 Å². The van der Waals surface area contributed by atoms with Crippen LogP contribution in [0.5, 0.6) is 5.75 Å². The number of rotatable bonds is 7. The van der Waals surface area contributed by atoms with Gasteiger partial charge in [-0.1, -0.05) is 48.0 Å². The lowest BCUT2D eigenvalue weighted by molar-refractivity contribution is -0.116. The molecule has 7 nitrogen and oxygen atoms in total. The Labute approximate surface area is 190 Å². The topological polar surface area (TPSA) is 82.3 Å². The molecule has 1 aromatic heterocycles. The first-order valence-electron chi connectivity index (χ1n) is 10.7. The van der Waals surface area contributed by atoms with Gasteiger partial charge in [0.15, 0.2) is 0 Å². The van der Waals surface area contributed by atoms with E-state index < -0.39 is 5.69 Å². The van der Waals surface area contributed by atoms with Crippen LogP contribution in [0.3, 0.4) is 0 Å². The van der Waals surface area contributed by atoms with Gasteiger partial charge in [-0.05, 0) is 43.2 Å². The maximum Gasteiger partial charge on any atom is 0.331 e. The number of benzene rings is 3. The largest absolute Gasteiger partial charge is 0.497 e. The zero-order chi connectivity index (χ0) is 23.4. The lowest BCUT2D eigenvalue weighted by Crippen LogP contribution is -2.42. The number of carbonyl (C=O) groups excluding carboxylic acids is 1. The van der Waals surface area contributed by atoms with Crippen molar-refractivity contribution in [2.45, 2.75) is 26.4 Å². The number of amides is 1. The number of ether oxygens (including phenoxy) is 1. The highest BCUT2D eigenvalue weighted by Crippen LogP contribution is 2.17. The summed E-state index contributed by atoms with van der Waals surface area (Å²) in [5.41, 5.74) is 2.28. The third-order valence-corrected chi connectivity index (χ3v) is 5.49. The molecule has 0 aliphatic rings. The minimum Gasteiger partial charge on any atom is -0.497 e. The minimum absolute atomic E-state index is 0.221. The van der Waals surface area contributed by atoms with Crippen LogP contribution >= 0.6 is 0 Å². The highest BCUT2D eigenvalue weighted by Gasteiger charge is 2.15. The van der Waals surface area contributed by atoms with Crippen molar-refractivity contribution in [1.82, 2.24) is 9.13 Å². The van der Waals surface area contributed by atoms with E-state index in [9.17, 15) is 14.4 Å². The summed E-state index contributed by atoms with van der Waals surface area (Å²) in [5, 5.41) is 3.19. The second-order valence-electron chi connectivity index (χ2n) is 7.86. The molecule has 7 heteroatoms. The summed E-state index contributed by atoms with van der Waals surface area (Å²) in [4.78, 5) is 39.2. The predicted octanol–water partition coefficient (Wildman–Crippen LogP) is 3.36. The number of fused-ring (bicyclic) bond motifs is 1. The van der Waals surface area contributed by atoms with Gasteiger partial charge in [-0.25, -0.2) is 4.79 Å². The Hall–Kier alpha value is -4.13. The number of nitrogens with zero attached hydrogens (tertiary/aromatic N) is 2. The van der Waals surface area contributed by atoms with Crippen molar-refractivity contribution in [3.8, 4) is 5.75 Å². The molecule has 0 spiro atoms. The molecule has 168 valence electrons. The van der Waals surface area contributed by atoms with Gasteiger partial charge in [0.05, 0.1) is 18.0 Å². The molecular weight excluding hydrogens is 418 g/mol. The average molecular weight is 444 g/mol. The number of aryl methyl sites for hydroxylation is 2. The summed E-state index contributed by atoms with van der Waals surface area (Å²) in [7, 11) is 1.55. The van der Waals surface area contributed by atoms with Crippen molar-refractivity contribution in [2.24, 2.45) is 0 Å². The van der Waals surface area contributed by atoms with Gasteiger partial charge in [0.1, 0.15) is 12.3 Å². The van der Waals surface area contributed by atoms with Crippen LogP contribution in [0, 0.1) is 6.92 Å². The Bertz CT molecular complexity index is 1440. The zero-order valence-electron chi connectivity index (χ0n) is 18.6. The molecule has 0 bridgehead atoms. The summed E-state index contributed by atoms with van der Waals surface area (Å²) in [6, 6.07) is 21.8. The first-order chi connectivity index (χ1) is 16.0. The van der Waals surface area contributed by atoms with E-state index in [0.717, 1.165) is 11.1 Å². The van der Waals surface area contributed by atoms with Crippen LogP contribution in [-0.4, -0.2) is 22.2 Å². The number of nitrogens with one attached hydrogen (secondary N) is 1. The van der Waals surface area contributed by atoms with Crippen LogP contribution in [0.2, 0.25) is 0 Å². The van der Waals surface area contributed by atoms with Gasteiger partial charge >= 0.3 is 5.69 Å². The Morgan fingerprint density at radius 3 is 2.52 bits per heavy atom. The van der Waals surface area contributed by atoms with Crippen LogP contribution in [0.1, 0.15) is 11.1 Å². The summed E-state index contributed by atoms with van der Waals surface area (Å²) < 4.78 is 7.75. The van der Waals surface area contributed by atoms with E-state index in [1.165, 1.54) is 9.13 Å². The van der Waals surface area contributed by atoms with Crippen LogP contribution in [-0.2, 0) is 24.3 Å². The van der Waals surface area contributed by atoms with E-state index in [2.05, 4.69) is 5.32 Å². The van der Waals surface area contributed by atoms with E-state index in [1.807, 2.05) is 31.2 Å². The van der Waals surface area contributed by atoms with Crippen molar-refractivity contribution < 1.29 is 9.53 Å². The molecule has 0 aliphatic carbocycles. The van der Waals surface area contributed by atoms with Crippen LogP contribution < -0.4 is 21.3 Å². The van der Waals surface area contributed by atoms with Crippen LogP contribution in [0.4, 0.5) is 5.69 Å². The predicted molar refractivity (Wildman–Crippen MR) is 129 cm³/mol. The van der Waals surface area contributed by atoms with Gasteiger partial charge in [0.25, 0.3) is 5.56 Å². The Morgan fingerprint density at radius 2 is 1.73 bits per heavy atom. The van der Waals surface area contributed by atoms with Crippen molar-refractivity contribution in [1.29, 1.82) is 0 Å². The van der Waals surface area contributed by atoms with Gasteiger partial charge < -0.3 is 10.1 Å². The first-order valence-corrected chi connectivity index (χ1v) is 10.7. The maximum absolute atomic E-state index is 13.3. The number of para-hydroxylation sites is 1. The summed E-state index contributed by atoms with van der Waals surface area (Å²) in [5.74, 6) is 0.236. The molecule has 1 N–H and O–H groups in total. The molecule has 4 rings (SSSR count). The van der Waals surface area contributed by atoms with Crippen molar-refractivity contribution in [3.63, 3.8) is 0 Å². The molecule has 3 aromatic carbocycles.